The van der Waals surface area contributed by atoms with Crippen LogP contribution in [0.1, 0.15) is 93.7 Å². The average Bonchev–Trinajstić information content (AvgIpc) is 4.45. The van der Waals surface area contributed by atoms with E-state index in [1.54, 1.807) is 59.1 Å². The molecule has 81 heavy (non-hydrogen) atoms. The Balaban J connectivity index is 0.000000258. The maximum atomic E-state index is 13.4. The molecular weight excluding hydrogens is 1030 g/mol. The number of carbonyl (C=O) groups excluding carboxylic acids is 6. The highest BCUT2D eigenvalue weighted by Crippen LogP contribution is 2.34. The Morgan fingerprint density at radius 3 is 1.59 bits per heavy atom. The van der Waals surface area contributed by atoms with Gasteiger partial charge in [0.15, 0.2) is 0 Å². The second-order valence-corrected chi connectivity index (χ2v) is 21.2. The Morgan fingerprint density at radius 2 is 1.10 bits per heavy atom. The molecule has 0 saturated heterocycles. The smallest absolute Gasteiger partial charge is 0.243 e. The number of rotatable bonds is 8. The van der Waals surface area contributed by atoms with E-state index in [0.717, 1.165) is 77.8 Å². The molecule has 19 heteroatoms. The van der Waals surface area contributed by atoms with Gasteiger partial charge in [0.2, 0.25) is 35.4 Å². The van der Waals surface area contributed by atoms with Crippen LogP contribution in [0.15, 0.2) is 103 Å². The number of ether oxygens (including phenoxy) is 2. The Morgan fingerprint density at radius 1 is 0.617 bits per heavy atom. The Bertz CT molecular complexity index is 2850. The summed E-state index contributed by atoms with van der Waals surface area (Å²) in [5, 5.41) is 33.7. The van der Waals surface area contributed by atoms with Crippen LogP contribution in [0.25, 0.3) is 6.08 Å². The van der Waals surface area contributed by atoms with Crippen LogP contribution in [0, 0.1) is 22.7 Å². The highest BCUT2D eigenvalue weighted by atomic mass is 16.5. The van der Waals surface area contributed by atoms with Gasteiger partial charge in [0.25, 0.3) is 0 Å². The minimum absolute atomic E-state index is 0. The molecule has 2 fully saturated rings. The van der Waals surface area contributed by atoms with Crippen molar-refractivity contribution >= 4 is 53.1 Å². The van der Waals surface area contributed by atoms with Gasteiger partial charge in [-0.05, 0) is 123 Å². The number of fused-ring (bicyclic) bond motifs is 4. The summed E-state index contributed by atoms with van der Waals surface area (Å²) in [7, 11) is 3.26. The van der Waals surface area contributed by atoms with Crippen molar-refractivity contribution in [2.45, 2.75) is 116 Å². The van der Waals surface area contributed by atoms with Crippen LogP contribution in [0.5, 0.6) is 11.5 Å². The van der Waals surface area contributed by atoms with E-state index < -0.39 is 36.1 Å². The second kappa shape index (κ2) is 30.1. The van der Waals surface area contributed by atoms with Gasteiger partial charge in [0.1, 0.15) is 54.7 Å². The normalized spacial score (nSPS) is 23.5. The molecular formula is C62H83N11O8. The third kappa shape index (κ3) is 18.6. The van der Waals surface area contributed by atoms with Crippen LogP contribution in [0.3, 0.4) is 0 Å². The fourth-order valence-corrected chi connectivity index (χ4v) is 9.50. The van der Waals surface area contributed by atoms with Crippen molar-refractivity contribution in [2.24, 2.45) is 17.6 Å². The molecule has 4 aromatic rings. The van der Waals surface area contributed by atoms with Gasteiger partial charge in [0.05, 0.1) is 12.1 Å². The van der Waals surface area contributed by atoms with Crippen LogP contribution in [0.4, 0.5) is 0 Å². The number of nitrogens with one attached hydrogen (secondary N) is 8. The first kappa shape index (κ1) is 62.3. The Hall–Kier alpha value is -7.90. The van der Waals surface area contributed by atoms with E-state index in [-0.39, 0.29) is 73.6 Å². The fraction of sp³-hybridized carbons (Fsp3) is 0.452. The number of benzene rings is 4. The lowest BCUT2D eigenvalue weighted by atomic mass is 10.0. The van der Waals surface area contributed by atoms with Crippen molar-refractivity contribution in [3.8, 4) is 11.5 Å². The number of nitrogen functional groups attached to an aromatic ring is 1. The summed E-state index contributed by atoms with van der Waals surface area (Å²) in [4.78, 5) is 82.9. The third-order valence-electron chi connectivity index (χ3n) is 15.0. The van der Waals surface area contributed by atoms with E-state index in [0.29, 0.717) is 50.5 Å². The minimum atomic E-state index is -0.869. The molecule has 10 N–H and O–H groups in total. The topological polar surface area (TPSA) is 273 Å². The highest BCUT2D eigenvalue weighted by Gasteiger charge is 2.41. The Labute approximate surface area is 476 Å². The van der Waals surface area contributed by atoms with E-state index in [1.807, 2.05) is 84.9 Å². The zero-order valence-electron chi connectivity index (χ0n) is 46.6. The number of nitrogens with two attached hydrogens (primary N) is 1. The van der Waals surface area contributed by atoms with Gasteiger partial charge in [-0.15, -0.1) is 0 Å². The number of hydrogen-bond acceptors (Lipinski definition) is 12. The van der Waals surface area contributed by atoms with Crippen LogP contribution < -0.4 is 47.1 Å². The maximum absolute atomic E-state index is 13.4. The molecule has 19 nitrogen and oxygen atoms in total. The van der Waals surface area contributed by atoms with Crippen LogP contribution in [-0.2, 0) is 48.0 Å². The molecule has 2 aliphatic carbocycles. The van der Waals surface area contributed by atoms with E-state index in [9.17, 15) is 28.8 Å². The van der Waals surface area contributed by atoms with Gasteiger partial charge >= 0.3 is 0 Å². The molecule has 2 aliphatic heterocycles. The number of amidine groups is 1. The number of nitrogens with zero attached hydrogens (tertiary/aromatic N) is 2. The quantitative estimate of drug-likeness (QED) is 0.0874. The van der Waals surface area contributed by atoms with Crippen molar-refractivity contribution in [1.82, 2.24) is 41.7 Å². The Kier molecular flexibility index (Phi) is 23.1. The second-order valence-electron chi connectivity index (χ2n) is 21.2. The van der Waals surface area contributed by atoms with Gasteiger partial charge in [0, 0.05) is 64.4 Å². The van der Waals surface area contributed by atoms with Gasteiger partial charge in [-0.2, -0.15) is 0 Å². The zero-order valence-corrected chi connectivity index (χ0v) is 46.6. The van der Waals surface area contributed by atoms with Crippen molar-refractivity contribution < 1.29 is 38.2 Å². The van der Waals surface area contributed by atoms with Gasteiger partial charge < -0.3 is 62.3 Å². The largest absolute Gasteiger partial charge is 0.492 e. The highest BCUT2D eigenvalue weighted by molar-refractivity contribution is 5.97. The monoisotopic (exact) mass is 1110 g/mol. The van der Waals surface area contributed by atoms with Crippen molar-refractivity contribution in [3.05, 3.63) is 137 Å². The third-order valence-corrected chi connectivity index (χ3v) is 15.0. The maximum Gasteiger partial charge on any atom is 0.243 e. The number of likely N-dealkylation sites (N-methyl/N-ethyl adjacent to an activating group) is 2. The standard InChI is InChI=1S/C31H41N5O4.C30H38N6O4.CH4/c1-20(32)24-11-9-23(10-12-24)19-27-30(38)34-15-5-7-22-6-4-8-26(18-22)40-17-16-33-28(25-13-14-25)31(39)36(3)21(2)29(37)35-27;1-19-28(37)35-25(18-21-8-10-23(11-9-21)27(31)32)29(38)34-14-4-6-20-5-3-7-24(17-20)40-16-15-33-26(22-12-13-22)30(39)36(19)2;/h4,6,8-12,18,21,25,27-28,32-33H,5,7,13-17,19H2,1-3H3,(H,34,38)(H,35,37);3-11,17,19,22,25-26,33H,12-16,18H2,1-2H3,(H3,31,32)(H,34,38)(H,35,37);1H4/b;6-4+;/t21-,27-,28+;19-,25-,26+;/m11./s1. The molecule has 0 unspecified atom stereocenters. The van der Waals surface area contributed by atoms with E-state index >= 15 is 0 Å². The average molecular weight is 1110 g/mol. The molecule has 2 saturated carbocycles. The number of amides is 6. The molecule has 0 radical (unpaired) electrons. The molecule has 4 bridgehead atoms. The number of carbonyl (C=O) groups is 6. The fourth-order valence-electron chi connectivity index (χ4n) is 9.50. The van der Waals surface area contributed by atoms with Gasteiger partial charge in [-0.1, -0.05) is 92.4 Å². The van der Waals surface area contributed by atoms with Crippen molar-refractivity contribution in [3.63, 3.8) is 0 Å². The number of hydrogen-bond donors (Lipinski definition) is 9. The first-order valence-electron chi connectivity index (χ1n) is 27.8. The first-order valence-corrected chi connectivity index (χ1v) is 27.8. The summed E-state index contributed by atoms with van der Waals surface area (Å²) in [6.07, 6.45) is 9.63. The van der Waals surface area contributed by atoms with Crippen LogP contribution in [0.2, 0.25) is 0 Å². The molecule has 4 aromatic carbocycles. The summed E-state index contributed by atoms with van der Waals surface area (Å²) in [5.41, 5.74) is 11.1. The van der Waals surface area contributed by atoms with E-state index in [1.165, 1.54) is 9.80 Å². The summed E-state index contributed by atoms with van der Waals surface area (Å²) in [6.45, 7) is 7.63. The summed E-state index contributed by atoms with van der Waals surface area (Å²) in [6, 6.07) is 26.0. The van der Waals surface area contributed by atoms with Crippen molar-refractivity contribution in [1.29, 1.82) is 10.8 Å². The molecule has 0 spiro atoms. The molecule has 0 aromatic heterocycles. The molecule has 6 amide bonds. The summed E-state index contributed by atoms with van der Waals surface area (Å²) in [5.74, 6) is 0.216. The minimum Gasteiger partial charge on any atom is -0.492 e. The van der Waals surface area contributed by atoms with E-state index in [4.69, 9.17) is 26.0 Å². The number of aryl methyl sites for hydroxylation is 1. The summed E-state index contributed by atoms with van der Waals surface area (Å²) < 4.78 is 11.8. The van der Waals surface area contributed by atoms with Gasteiger partial charge in [-0.25, -0.2) is 0 Å². The molecule has 6 atom stereocenters. The molecule has 8 rings (SSSR count). The van der Waals surface area contributed by atoms with Gasteiger partial charge in [-0.3, -0.25) is 34.2 Å². The summed E-state index contributed by atoms with van der Waals surface area (Å²) >= 11 is 0. The molecule has 4 aliphatic rings. The lowest BCUT2D eigenvalue weighted by molar-refractivity contribution is -0.141. The lowest BCUT2D eigenvalue weighted by Gasteiger charge is -2.30. The van der Waals surface area contributed by atoms with Crippen LogP contribution >= 0.6 is 0 Å². The SMILES string of the molecule is C.CC(=N)c1ccc(C[C@H]2NC(=O)[C@@H](C)N(C)C(=O)[C@H](C3CC3)NCCOc3cccc(c3)CCCNC2=O)cc1.C[C@@H]1C(=O)N[C@H](Cc2ccc(C(=N)N)cc2)C(=O)NC/C=C/c2cccc(c2)OCCN[C@@H](C2CC2)C(=O)N1C. The van der Waals surface area contributed by atoms with Crippen molar-refractivity contribution in [2.75, 3.05) is 53.5 Å². The van der Waals surface area contributed by atoms with Crippen LogP contribution in [-0.4, -0.2) is 147 Å². The zero-order chi connectivity index (χ0) is 57.3. The first-order chi connectivity index (χ1) is 38.4. The predicted octanol–water partition coefficient (Wildman–Crippen LogP) is 4.53. The molecule has 434 valence electrons. The predicted molar refractivity (Wildman–Crippen MR) is 315 cm³/mol. The molecule has 2 heterocycles. The van der Waals surface area contributed by atoms with E-state index in [2.05, 4.69) is 31.9 Å². The lowest BCUT2D eigenvalue weighted by Crippen LogP contribution is -2.56.